The van der Waals surface area contributed by atoms with Crippen LogP contribution in [-0.2, 0) is 9.59 Å². The van der Waals surface area contributed by atoms with E-state index in [0.717, 1.165) is 23.1 Å². The average Bonchev–Trinajstić information content (AvgIpc) is 2.52. The fourth-order valence-electron chi connectivity index (χ4n) is 1.61. The first-order valence-electron chi connectivity index (χ1n) is 4.95. The lowest BCUT2D eigenvalue weighted by Gasteiger charge is -2.03. The molecule has 0 aromatic heterocycles. The molecule has 1 aromatic rings. The molecule has 0 unspecified atom stereocenters. The smallest absolute Gasteiger partial charge is 0.256 e. The van der Waals surface area contributed by atoms with Gasteiger partial charge in [0.05, 0.1) is 6.42 Å². The SMILES string of the molecule is CN1C(=O)C/C(=C\c2cc(F)ccc2F)C1=O. The van der Waals surface area contributed by atoms with Gasteiger partial charge in [-0.15, -0.1) is 0 Å². The fourth-order valence-corrected chi connectivity index (χ4v) is 1.61. The van der Waals surface area contributed by atoms with Crippen LogP contribution in [0.5, 0.6) is 0 Å². The number of imide groups is 1. The summed E-state index contributed by atoms with van der Waals surface area (Å²) in [5.74, 6) is -2.05. The van der Waals surface area contributed by atoms with Gasteiger partial charge in [-0.3, -0.25) is 14.5 Å². The summed E-state index contributed by atoms with van der Waals surface area (Å²) in [6.07, 6.45) is 1.13. The maximum atomic E-state index is 13.3. The summed E-state index contributed by atoms with van der Waals surface area (Å²) in [5, 5.41) is 0. The molecule has 0 N–H and O–H groups in total. The number of carbonyl (C=O) groups is 2. The minimum Gasteiger partial charge on any atom is -0.282 e. The van der Waals surface area contributed by atoms with Crippen LogP contribution in [0.3, 0.4) is 0 Å². The molecule has 2 amide bonds. The summed E-state index contributed by atoms with van der Waals surface area (Å²) in [4.78, 5) is 23.7. The first-order valence-corrected chi connectivity index (χ1v) is 4.95. The highest BCUT2D eigenvalue weighted by Gasteiger charge is 2.30. The maximum Gasteiger partial charge on any atom is 0.256 e. The van der Waals surface area contributed by atoms with Crippen molar-refractivity contribution in [1.82, 2.24) is 4.90 Å². The van der Waals surface area contributed by atoms with Crippen LogP contribution in [0.4, 0.5) is 8.78 Å². The molecule has 0 atom stereocenters. The van der Waals surface area contributed by atoms with Gasteiger partial charge in [0.2, 0.25) is 5.91 Å². The van der Waals surface area contributed by atoms with E-state index in [0.29, 0.717) is 0 Å². The number of hydrogen-bond acceptors (Lipinski definition) is 2. The molecule has 0 aliphatic carbocycles. The molecule has 1 saturated heterocycles. The second kappa shape index (κ2) is 4.08. The Hall–Kier alpha value is -2.04. The second-order valence-electron chi connectivity index (χ2n) is 3.77. The Morgan fingerprint density at radius 1 is 1.29 bits per heavy atom. The number of benzene rings is 1. The molecule has 88 valence electrons. The third-order valence-corrected chi connectivity index (χ3v) is 2.58. The standard InChI is InChI=1S/C12H9F2NO2/c1-15-11(16)6-8(12(15)17)4-7-5-9(13)2-3-10(7)14/h2-5H,6H2,1H3/b8-4+. The van der Waals surface area contributed by atoms with Crippen LogP contribution >= 0.6 is 0 Å². The number of halogens is 2. The molecule has 5 heteroatoms. The van der Waals surface area contributed by atoms with E-state index in [1.165, 1.54) is 13.1 Å². The van der Waals surface area contributed by atoms with Crippen LogP contribution in [0.25, 0.3) is 6.08 Å². The topological polar surface area (TPSA) is 37.4 Å². The van der Waals surface area contributed by atoms with Gasteiger partial charge in [0.15, 0.2) is 0 Å². The number of nitrogens with zero attached hydrogens (tertiary/aromatic N) is 1. The van der Waals surface area contributed by atoms with Gasteiger partial charge in [-0.05, 0) is 24.3 Å². The van der Waals surface area contributed by atoms with Crippen molar-refractivity contribution < 1.29 is 18.4 Å². The molecule has 3 nitrogen and oxygen atoms in total. The Kier molecular flexibility index (Phi) is 2.75. The molecule has 2 rings (SSSR count). The van der Waals surface area contributed by atoms with Crippen LogP contribution in [0.1, 0.15) is 12.0 Å². The van der Waals surface area contributed by atoms with Crippen LogP contribution in [0, 0.1) is 11.6 Å². The molecule has 17 heavy (non-hydrogen) atoms. The molecule has 0 spiro atoms. The second-order valence-corrected chi connectivity index (χ2v) is 3.77. The van der Waals surface area contributed by atoms with Gasteiger partial charge in [-0.25, -0.2) is 8.78 Å². The molecule has 1 heterocycles. The van der Waals surface area contributed by atoms with E-state index in [4.69, 9.17) is 0 Å². The van der Waals surface area contributed by atoms with Gasteiger partial charge in [0, 0.05) is 18.2 Å². The number of likely N-dealkylation sites (N-methyl/N-ethyl adjacent to an activating group) is 1. The minimum absolute atomic E-state index is 0.0311. The predicted molar refractivity (Wildman–Crippen MR) is 56.7 cm³/mol. The molecule has 1 aliphatic rings. The van der Waals surface area contributed by atoms with Gasteiger partial charge in [0.25, 0.3) is 5.91 Å². The molecule has 0 bridgehead atoms. The largest absolute Gasteiger partial charge is 0.282 e. The number of hydrogen-bond donors (Lipinski definition) is 0. The number of likely N-dealkylation sites (tertiary alicyclic amines) is 1. The Morgan fingerprint density at radius 3 is 2.59 bits per heavy atom. The van der Waals surface area contributed by atoms with Gasteiger partial charge in [0.1, 0.15) is 11.6 Å². The molecule has 0 saturated carbocycles. The van der Waals surface area contributed by atoms with Crippen LogP contribution in [0.15, 0.2) is 23.8 Å². The summed E-state index contributed by atoms with van der Waals surface area (Å²) >= 11 is 0. The van der Waals surface area contributed by atoms with E-state index in [-0.39, 0.29) is 23.5 Å². The van der Waals surface area contributed by atoms with E-state index in [1.807, 2.05) is 0 Å². The summed E-state index contributed by atoms with van der Waals surface area (Å²) in [6, 6.07) is 2.95. The number of rotatable bonds is 1. The quantitative estimate of drug-likeness (QED) is 0.551. The third-order valence-electron chi connectivity index (χ3n) is 2.58. The number of amides is 2. The highest BCUT2D eigenvalue weighted by atomic mass is 19.1. The highest BCUT2D eigenvalue weighted by Crippen LogP contribution is 2.21. The lowest BCUT2D eigenvalue weighted by Crippen LogP contribution is -2.23. The van der Waals surface area contributed by atoms with Crippen molar-refractivity contribution in [2.75, 3.05) is 7.05 Å². The maximum absolute atomic E-state index is 13.3. The van der Waals surface area contributed by atoms with Crippen molar-refractivity contribution in [3.63, 3.8) is 0 Å². The van der Waals surface area contributed by atoms with E-state index in [2.05, 4.69) is 0 Å². The van der Waals surface area contributed by atoms with Crippen LogP contribution < -0.4 is 0 Å². The fraction of sp³-hybridized carbons (Fsp3) is 0.167. The zero-order chi connectivity index (χ0) is 12.6. The van der Waals surface area contributed by atoms with Crippen LogP contribution in [-0.4, -0.2) is 23.8 Å². The van der Waals surface area contributed by atoms with Crippen molar-refractivity contribution in [1.29, 1.82) is 0 Å². The van der Waals surface area contributed by atoms with Crippen LogP contribution in [0.2, 0.25) is 0 Å². The van der Waals surface area contributed by atoms with E-state index < -0.39 is 17.5 Å². The molecule has 1 aliphatic heterocycles. The van der Waals surface area contributed by atoms with Gasteiger partial charge >= 0.3 is 0 Å². The lowest BCUT2D eigenvalue weighted by molar-refractivity contribution is -0.135. The van der Waals surface area contributed by atoms with Crippen molar-refractivity contribution in [2.24, 2.45) is 0 Å². The zero-order valence-electron chi connectivity index (χ0n) is 9.04. The summed E-state index contributed by atoms with van der Waals surface area (Å²) in [5.41, 5.74) is 0.137. The Morgan fingerprint density at radius 2 is 2.00 bits per heavy atom. The first kappa shape index (κ1) is 11.4. The van der Waals surface area contributed by atoms with Gasteiger partial charge < -0.3 is 0 Å². The molecular weight excluding hydrogens is 228 g/mol. The summed E-state index contributed by atoms with van der Waals surface area (Å²) in [6.45, 7) is 0. The van der Waals surface area contributed by atoms with Crippen molar-refractivity contribution in [3.8, 4) is 0 Å². The summed E-state index contributed by atoms with van der Waals surface area (Å²) in [7, 11) is 1.35. The zero-order valence-corrected chi connectivity index (χ0v) is 9.04. The molecular formula is C12H9F2NO2. The molecule has 1 fully saturated rings. The van der Waals surface area contributed by atoms with Crippen molar-refractivity contribution >= 4 is 17.9 Å². The monoisotopic (exact) mass is 237 g/mol. The Balaban J connectivity index is 2.40. The van der Waals surface area contributed by atoms with Crippen molar-refractivity contribution in [3.05, 3.63) is 41.0 Å². The van der Waals surface area contributed by atoms with E-state index >= 15 is 0 Å². The average molecular weight is 237 g/mol. The Labute approximate surface area is 96.3 Å². The van der Waals surface area contributed by atoms with Gasteiger partial charge in [-0.2, -0.15) is 0 Å². The number of carbonyl (C=O) groups excluding carboxylic acids is 2. The normalized spacial score (nSPS) is 18.3. The van der Waals surface area contributed by atoms with E-state index in [1.54, 1.807) is 0 Å². The molecule has 1 aromatic carbocycles. The first-order chi connectivity index (χ1) is 7.99. The van der Waals surface area contributed by atoms with E-state index in [9.17, 15) is 18.4 Å². The lowest BCUT2D eigenvalue weighted by atomic mass is 10.1. The molecule has 0 radical (unpaired) electrons. The predicted octanol–water partition coefficient (Wildman–Crippen LogP) is 1.74. The third kappa shape index (κ3) is 2.08. The summed E-state index contributed by atoms with van der Waals surface area (Å²) < 4.78 is 26.2. The minimum atomic E-state index is -0.631. The van der Waals surface area contributed by atoms with Gasteiger partial charge in [-0.1, -0.05) is 0 Å². The van der Waals surface area contributed by atoms with Crippen molar-refractivity contribution in [2.45, 2.75) is 6.42 Å². The highest BCUT2D eigenvalue weighted by molar-refractivity contribution is 6.15. The Bertz CT molecular complexity index is 537.